The molecule has 0 aromatic heterocycles. The molecule has 3 aromatic rings. The normalized spacial score (nSPS) is 10.6. The first-order chi connectivity index (χ1) is 10.1. The standard InChI is InChI=1S/C20H17F/c1-14-3-6-16(7-4-14)17-8-10-18(11-9-17)19-12-5-15(2)13-20(19)21/h3-13H,1-2H3. The van der Waals surface area contributed by atoms with Gasteiger partial charge in [0.1, 0.15) is 5.82 Å². The molecule has 0 nitrogen and oxygen atoms in total. The fraction of sp³-hybridized carbons (Fsp3) is 0.100. The molecule has 0 heterocycles. The second-order valence-electron chi connectivity index (χ2n) is 5.43. The summed E-state index contributed by atoms with van der Waals surface area (Å²) in [6.07, 6.45) is 0. The van der Waals surface area contributed by atoms with Crippen LogP contribution in [-0.2, 0) is 0 Å². The van der Waals surface area contributed by atoms with Gasteiger partial charge in [-0.2, -0.15) is 0 Å². The Hall–Kier alpha value is -2.41. The minimum Gasteiger partial charge on any atom is -0.206 e. The summed E-state index contributed by atoms with van der Waals surface area (Å²) in [5.74, 6) is -0.168. The maximum atomic E-state index is 14.0. The van der Waals surface area contributed by atoms with E-state index in [0.717, 1.165) is 16.7 Å². The largest absolute Gasteiger partial charge is 0.206 e. The molecule has 0 aliphatic heterocycles. The van der Waals surface area contributed by atoms with Crippen LogP contribution in [0.3, 0.4) is 0 Å². The zero-order valence-electron chi connectivity index (χ0n) is 12.2. The average Bonchev–Trinajstić information content (AvgIpc) is 2.48. The third-order valence-electron chi connectivity index (χ3n) is 3.71. The van der Waals surface area contributed by atoms with Crippen molar-refractivity contribution in [1.82, 2.24) is 0 Å². The molecule has 0 saturated carbocycles. The third kappa shape index (κ3) is 2.87. The van der Waals surface area contributed by atoms with Crippen molar-refractivity contribution in [2.45, 2.75) is 13.8 Å². The number of benzene rings is 3. The van der Waals surface area contributed by atoms with Crippen molar-refractivity contribution >= 4 is 0 Å². The quantitative estimate of drug-likeness (QED) is 0.557. The molecule has 0 fully saturated rings. The molecule has 0 saturated heterocycles. The monoisotopic (exact) mass is 276 g/mol. The molecule has 104 valence electrons. The molecular formula is C20H17F. The molecule has 3 aromatic carbocycles. The molecule has 3 rings (SSSR count). The van der Waals surface area contributed by atoms with E-state index in [0.29, 0.717) is 5.56 Å². The molecule has 0 aliphatic carbocycles. The Morgan fingerprint density at radius 3 is 1.62 bits per heavy atom. The Morgan fingerprint density at radius 2 is 1.05 bits per heavy atom. The minimum absolute atomic E-state index is 0.168. The Bertz CT molecular complexity index is 753. The Morgan fingerprint density at radius 1 is 0.571 bits per heavy atom. The lowest BCUT2D eigenvalue weighted by atomic mass is 9.99. The molecule has 0 atom stereocenters. The maximum Gasteiger partial charge on any atom is 0.131 e. The smallest absolute Gasteiger partial charge is 0.131 e. The highest BCUT2D eigenvalue weighted by Crippen LogP contribution is 2.27. The van der Waals surface area contributed by atoms with Crippen LogP contribution in [-0.4, -0.2) is 0 Å². The molecule has 0 radical (unpaired) electrons. The van der Waals surface area contributed by atoms with Crippen molar-refractivity contribution in [2.24, 2.45) is 0 Å². The van der Waals surface area contributed by atoms with E-state index in [1.165, 1.54) is 11.1 Å². The molecule has 1 heteroatoms. The number of hydrogen-bond donors (Lipinski definition) is 0. The summed E-state index contributed by atoms with van der Waals surface area (Å²) in [5, 5.41) is 0. The predicted octanol–water partition coefficient (Wildman–Crippen LogP) is 5.78. The van der Waals surface area contributed by atoms with E-state index in [-0.39, 0.29) is 5.82 Å². The van der Waals surface area contributed by atoms with Crippen molar-refractivity contribution in [1.29, 1.82) is 0 Å². The van der Waals surface area contributed by atoms with Crippen molar-refractivity contribution in [3.05, 3.63) is 83.7 Å². The van der Waals surface area contributed by atoms with E-state index in [9.17, 15) is 4.39 Å². The number of halogens is 1. The molecular weight excluding hydrogens is 259 g/mol. The number of aryl methyl sites for hydroxylation is 2. The fourth-order valence-electron chi connectivity index (χ4n) is 2.44. The van der Waals surface area contributed by atoms with E-state index in [2.05, 4.69) is 31.2 Å². The van der Waals surface area contributed by atoms with E-state index < -0.39 is 0 Å². The highest BCUT2D eigenvalue weighted by molar-refractivity contribution is 5.71. The van der Waals surface area contributed by atoms with Crippen LogP contribution in [0.15, 0.2) is 66.7 Å². The van der Waals surface area contributed by atoms with Gasteiger partial charge in [-0.15, -0.1) is 0 Å². The van der Waals surface area contributed by atoms with E-state index in [1.807, 2.05) is 43.3 Å². The van der Waals surface area contributed by atoms with Crippen LogP contribution >= 0.6 is 0 Å². The van der Waals surface area contributed by atoms with Gasteiger partial charge >= 0.3 is 0 Å². The average molecular weight is 276 g/mol. The summed E-state index contributed by atoms with van der Waals surface area (Å²) in [5.41, 5.74) is 6.06. The van der Waals surface area contributed by atoms with E-state index in [1.54, 1.807) is 6.07 Å². The molecule has 0 unspecified atom stereocenters. The second-order valence-corrected chi connectivity index (χ2v) is 5.43. The summed E-state index contributed by atoms with van der Waals surface area (Å²) in [4.78, 5) is 0. The van der Waals surface area contributed by atoms with E-state index >= 15 is 0 Å². The van der Waals surface area contributed by atoms with Gasteiger partial charge in [0.05, 0.1) is 0 Å². The summed E-state index contributed by atoms with van der Waals surface area (Å²) < 4.78 is 14.0. The van der Waals surface area contributed by atoms with Gasteiger partial charge in [-0.05, 0) is 42.2 Å². The van der Waals surface area contributed by atoms with Gasteiger partial charge in [0.2, 0.25) is 0 Å². The van der Waals surface area contributed by atoms with Gasteiger partial charge in [0.25, 0.3) is 0 Å². The summed E-state index contributed by atoms with van der Waals surface area (Å²) in [6.45, 7) is 3.97. The molecule has 0 aliphatic rings. The number of rotatable bonds is 2. The van der Waals surface area contributed by atoms with E-state index in [4.69, 9.17) is 0 Å². The predicted molar refractivity (Wildman–Crippen MR) is 86.7 cm³/mol. The van der Waals surface area contributed by atoms with Crippen LogP contribution in [0.4, 0.5) is 4.39 Å². The summed E-state index contributed by atoms with van der Waals surface area (Å²) >= 11 is 0. The van der Waals surface area contributed by atoms with Gasteiger partial charge in [0, 0.05) is 5.56 Å². The zero-order chi connectivity index (χ0) is 14.8. The first kappa shape index (κ1) is 13.6. The van der Waals surface area contributed by atoms with Gasteiger partial charge in [0.15, 0.2) is 0 Å². The maximum absolute atomic E-state index is 14.0. The highest BCUT2D eigenvalue weighted by atomic mass is 19.1. The lowest BCUT2D eigenvalue weighted by molar-refractivity contribution is 0.630. The van der Waals surface area contributed by atoms with Crippen LogP contribution in [0.1, 0.15) is 11.1 Å². The van der Waals surface area contributed by atoms with Crippen molar-refractivity contribution in [3.8, 4) is 22.3 Å². The van der Waals surface area contributed by atoms with Crippen molar-refractivity contribution in [2.75, 3.05) is 0 Å². The minimum atomic E-state index is -0.168. The molecule has 0 N–H and O–H groups in total. The van der Waals surface area contributed by atoms with Crippen molar-refractivity contribution < 1.29 is 4.39 Å². The topological polar surface area (TPSA) is 0 Å². The zero-order valence-corrected chi connectivity index (χ0v) is 12.2. The SMILES string of the molecule is Cc1ccc(-c2ccc(-c3ccc(C)cc3F)cc2)cc1. The van der Waals surface area contributed by atoms with Crippen LogP contribution in [0.25, 0.3) is 22.3 Å². The van der Waals surface area contributed by atoms with Gasteiger partial charge < -0.3 is 0 Å². The first-order valence-corrected chi connectivity index (χ1v) is 7.07. The summed E-state index contributed by atoms with van der Waals surface area (Å²) in [7, 11) is 0. The van der Waals surface area contributed by atoms with Crippen molar-refractivity contribution in [3.63, 3.8) is 0 Å². The second kappa shape index (κ2) is 5.53. The fourth-order valence-corrected chi connectivity index (χ4v) is 2.44. The lowest BCUT2D eigenvalue weighted by Crippen LogP contribution is -1.86. The third-order valence-corrected chi connectivity index (χ3v) is 3.71. The van der Waals surface area contributed by atoms with Crippen LogP contribution < -0.4 is 0 Å². The first-order valence-electron chi connectivity index (χ1n) is 7.07. The van der Waals surface area contributed by atoms with Crippen LogP contribution in [0, 0.1) is 19.7 Å². The highest BCUT2D eigenvalue weighted by Gasteiger charge is 2.05. The number of hydrogen-bond acceptors (Lipinski definition) is 0. The Kier molecular flexibility index (Phi) is 3.57. The Balaban J connectivity index is 1.95. The molecule has 0 spiro atoms. The van der Waals surface area contributed by atoms with Gasteiger partial charge in [-0.25, -0.2) is 4.39 Å². The van der Waals surface area contributed by atoms with Gasteiger partial charge in [-0.3, -0.25) is 0 Å². The summed E-state index contributed by atoms with van der Waals surface area (Å²) in [6, 6.07) is 21.8. The van der Waals surface area contributed by atoms with Gasteiger partial charge in [-0.1, -0.05) is 66.2 Å². The van der Waals surface area contributed by atoms with Crippen LogP contribution in [0.2, 0.25) is 0 Å². The molecule has 0 amide bonds. The van der Waals surface area contributed by atoms with Crippen LogP contribution in [0.5, 0.6) is 0 Å². The molecule has 0 bridgehead atoms. The Labute approximate surface area is 124 Å². The molecule has 21 heavy (non-hydrogen) atoms. The lowest BCUT2D eigenvalue weighted by Gasteiger charge is -2.07.